The van der Waals surface area contributed by atoms with Gasteiger partial charge in [0.15, 0.2) is 12.6 Å². The minimum atomic E-state index is -1.70. The molecule has 11 unspecified atom stereocenters. The fourth-order valence-corrected chi connectivity index (χ4v) is 10.6. The lowest BCUT2D eigenvalue weighted by Crippen LogP contribution is -2.61. The molecule has 0 aliphatic carbocycles. The summed E-state index contributed by atoms with van der Waals surface area (Å²) >= 11 is 0. The van der Waals surface area contributed by atoms with Crippen LogP contribution in [-0.2, 0) is 33.2 Å². The van der Waals surface area contributed by atoms with Gasteiger partial charge in [-0.15, -0.1) is 0 Å². The van der Waals surface area contributed by atoms with E-state index in [0.717, 1.165) is 38.5 Å². The number of carbonyl (C=O) groups excluding carboxylic acids is 1. The van der Waals surface area contributed by atoms with Crippen molar-refractivity contribution in [3.05, 3.63) is 12.2 Å². The summed E-state index contributed by atoms with van der Waals surface area (Å²) in [6, 6.07) is 0. The van der Waals surface area contributed by atoms with Crippen molar-refractivity contribution in [1.82, 2.24) is 0 Å². The summed E-state index contributed by atoms with van der Waals surface area (Å²) in [5, 5.41) is 72.5. The van der Waals surface area contributed by atoms with Gasteiger partial charge in [-0.05, 0) is 38.5 Å². The second-order valence-electron chi connectivity index (χ2n) is 22.9. The second-order valence-corrected chi connectivity index (χ2v) is 22.9. The average molecular weight is 1100 g/mol. The number of rotatable bonds is 54. The van der Waals surface area contributed by atoms with E-state index in [1.807, 2.05) is 0 Å². The molecule has 0 amide bonds. The summed E-state index contributed by atoms with van der Waals surface area (Å²) in [5.74, 6) is -0.368. The van der Waals surface area contributed by atoms with Crippen LogP contribution in [0.4, 0.5) is 0 Å². The Balaban J connectivity index is 1.65. The van der Waals surface area contributed by atoms with E-state index in [9.17, 15) is 40.5 Å². The Morgan fingerprint density at radius 3 is 1.18 bits per heavy atom. The number of aliphatic hydroxyl groups excluding tert-OH is 7. The Labute approximate surface area is 469 Å². The van der Waals surface area contributed by atoms with Crippen molar-refractivity contribution in [2.24, 2.45) is 0 Å². The van der Waals surface area contributed by atoms with Gasteiger partial charge in [-0.2, -0.15) is 0 Å². The van der Waals surface area contributed by atoms with Crippen LogP contribution >= 0.6 is 0 Å². The lowest BCUT2D eigenvalue weighted by Gasteiger charge is -2.42. The summed E-state index contributed by atoms with van der Waals surface area (Å²) < 4.78 is 34.5. The number of aliphatic hydroxyl groups is 7. The Morgan fingerprint density at radius 2 is 0.766 bits per heavy atom. The first-order valence-corrected chi connectivity index (χ1v) is 32.3. The SMILES string of the molecule is CCCCCCCCCC/C=C\CCCCCCCCCCCCCCCCOCC(COC1OC(COC2OC(CO)C(O)C(O)C2O)C(O)C(O)C1O)OC(=O)CCCCCCCCCCCCCCCCCCC. The maximum atomic E-state index is 13.1. The second kappa shape index (κ2) is 50.5. The summed E-state index contributed by atoms with van der Waals surface area (Å²) in [6.45, 7) is 3.76. The van der Waals surface area contributed by atoms with Crippen LogP contribution in [0.3, 0.4) is 0 Å². The highest BCUT2D eigenvalue weighted by Gasteiger charge is 2.47. The molecule has 14 nitrogen and oxygen atoms in total. The summed E-state index contributed by atoms with van der Waals surface area (Å²) in [6.07, 6.45) is 41.4. The van der Waals surface area contributed by atoms with Gasteiger partial charge in [0.2, 0.25) is 0 Å². The highest BCUT2D eigenvalue weighted by atomic mass is 16.7. The molecule has 0 bridgehead atoms. The average Bonchev–Trinajstić information content (AvgIpc) is 3.43. The third kappa shape index (κ3) is 36.7. The maximum Gasteiger partial charge on any atom is 0.306 e. The first-order chi connectivity index (χ1) is 37.6. The smallest absolute Gasteiger partial charge is 0.306 e. The van der Waals surface area contributed by atoms with Crippen LogP contribution in [0.15, 0.2) is 12.2 Å². The Morgan fingerprint density at radius 1 is 0.416 bits per heavy atom. The van der Waals surface area contributed by atoms with Gasteiger partial charge in [-0.25, -0.2) is 0 Å². The molecule has 77 heavy (non-hydrogen) atoms. The highest BCUT2D eigenvalue weighted by Crippen LogP contribution is 2.27. The molecule has 7 N–H and O–H groups in total. The molecule has 11 atom stereocenters. The van der Waals surface area contributed by atoms with Crippen molar-refractivity contribution in [2.75, 3.05) is 33.0 Å². The molecule has 0 spiro atoms. The zero-order chi connectivity index (χ0) is 55.8. The van der Waals surface area contributed by atoms with Gasteiger partial charge in [0.25, 0.3) is 0 Å². The zero-order valence-corrected chi connectivity index (χ0v) is 49.2. The monoisotopic (exact) mass is 1100 g/mol. The molecule has 2 rings (SSSR count). The van der Waals surface area contributed by atoms with Crippen LogP contribution < -0.4 is 0 Å². The van der Waals surface area contributed by atoms with Crippen LogP contribution in [-0.4, -0.2) is 142 Å². The Kier molecular flexibility index (Phi) is 47.1. The first-order valence-electron chi connectivity index (χ1n) is 32.3. The van der Waals surface area contributed by atoms with Crippen molar-refractivity contribution in [2.45, 2.75) is 351 Å². The summed E-state index contributed by atoms with van der Waals surface area (Å²) in [5.41, 5.74) is 0. The van der Waals surface area contributed by atoms with Gasteiger partial charge >= 0.3 is 5.97 Å². The van der Waals surface area contributed by atoms with E-state index < -0.39 is 80.7 Å². The predicted molar refractivity (Wildman–Crippen MR) is 307 cm³/mol. The molecular formula is C63H120O14. The molecule has 0 saturated carbocycles. The fraction of sp³-hybridized carbons (Fsp3) is 0.952. The van der Waals surface area contributed by atoms with E-state index in [1.165, 1.54) is 218 Å². The molecule has 2 aliphatic rings. The van der Waals surface area contributed by atoms with Crippen LogP contribution in [0, 0.1) is 0 Å². The largest absolute Gasteiger partial charge is 0.457 e. The molecule has 2 heterocycles. The number of unbranched alkanes of at least 4 members (excludes halogenated alkanes) is 38. The van der Waals surface area contributed by atoms with E-state index >= 15 is 0 Å². The lowest BCUT2D eigenvalue weighted by atomic mass is 9.98. The number of ether oxygens (including phenoxy) is 6. The molecule has 2 aliphatic heterocycles. The molecular weight excluding hydrogens is 981 g/mol. The molecule has 2 fully saturated rings. The number of hydrogen-bond acceptors (Lipinski definition) is 14. The molecule has 0 radical (unpaired) electrons. The molecule has 14 heteroatoms. The van der Waals surface area contributed by atoms with Gasteiger partial charge in [-0.1, -0.05) is 251 Å². The maximum absolute atomic E-state index is 13.1. The van der Waals surface area contributed by atoms with Crippen molar-refractivity contribution >= 4 is 5.97 Å². The fourth-order valence-electron chi connectivity index (χ4n) is 10.6. The van der Waals surface area contributed by atoms with Crippen molar-refractivity contribution in [1.29, 1.82) is 0 Å². The van der Waals surface area contributed by atoms with Crippen LogP contribution in [0.1, 0.15) is 284 Å². The lowest BCUT2D eigenvalue weighted by molar-refractivity contribution is -0.332. The van der Waals surface area contributed by atoms with Crippen molar-refractivity contribution < 1.29 is 69.0 Å². The minimum Gasteiger partial charge on any atom is -0.457 e. The Bertz CT molecular complexity index is 1320. The van der Waals surface area contributed by atoms with Crippen LogP contribution in [0.2, 0.25) is 0 Å². The molecule has 2 saturated heterocycles. The molecule has 456 valence electrons. The van der Waals surface area contributed by atoms with Crippen LogP contribution in [0.25, 0.3) is 0 Å². The highest BCUT2D eigenvalue weighted by molar-refractivity contribution is 5.69. The quantitative estimate of drug-likeness (QED) is 0.0172. The number of carbonyl (C=O) groups is 1. The first kappa shape index (κ1) is 71.8. The molecule has 0 aromatic rings. The van der Waals surface area contributed by atoms with Gasteiger partial charge in [0, 0.05) is 13.0 Å². The standard InChI is InChI=1S/C63H120O14/c1-3-5-7-9-11-13-15-17-19-21-22-23-24-25-26-27-28-29-31-33-35-37-39-41-43-45-47-72-49-52(75-55(65)46-44-42-40-38-36-34-32-30-20-18-16-14-12-10-8-6-4-2)50-73-62-61(71)59(69)57(67)54(77-62)51-74-63-60(70)58(68)56(66)53(48-64)76-63/h21-22,52-54,56-64,66-71H,3-20,23-51H2,1-2H3/b22-21-. The minimum absolute atomic E-state index is 0.0687. The van der Waals surface area contributed by atoms with Gasteiger partial charge in [-0.3, -0.25) is 4.79 Å². The molecule has 0 aromatic carbocycles. The van der Waals surface area contributed by atoms with Crippen molar-refractivity contribution in [3.8, 4) is 0 Å². The van der Waals surface area contributed by atoms with Gasteiger partial charge < -0.3 is 64.2 Å². The third-order valence-electron chi connectivity index (χ3n) is 15.8. The van der Waals surface area contributed by atoms with E-state index in [-0.39, 0.29) is 25.6 Å². The predicted octanol–water partition coefficient (Wildman–Crippen LogP) is 12.5. The topological polar surface area (TPSA) is 214 Å². The van der Waals surface area contributed by atoms with Crippen LogP contribution in [0.5, 0.6) is 0 Å². The van der Waals surface area contributed by atoms with E-state index in [0.29, 0.717) is 13.0 Å². The normalized spacial score (nSPS) is 24.3. The van der Waals surface area contributed by atoms with E-state index in [1.54, 1.807) is 0 Å². The summed E-state index contributed by atoms with van der Waals surface area (Å²) in [4.78, 5) is 13.1. The number of hydrogen-bond donors (Lipinski definition) is 7. The van der Waals surface area contributed by atoms with Crippen molar-refractivity contribution in [3.63, 3.8) is 0 Å². The van der Waals surface area contributed by atoms with E-state index in [4.69, 9.17) is 28.4 Å². The Hall–Kier alpha value is -1.27. The number of allylic oxidation sites excluding steroid dienone is 2. The number of esters is 1. The van der Waals surface area contributed by atoms with Gasteiger partial charge in [0.1, 0.15) is 54.9 Å². The zero-order valence-electron chi connectivity index (χ0n) is 49.2. The molecule has 0 aromatic heterocycles. The summed E-state index contributed by atoms with van der Waals surface area (Å²) in [7, 11) is 0. The third-order valence-corrected chi connectivity index (χ3v) is 15.8. The van der Waals surface area contributed by atoms with Gasteiger partial charge in [0.05, 0.1) is 26.4 Å². The van der Waals surface area contributed by atoms with E-state index in [2.05, 4.69) is 26.0 Å².